The Hall–Kier alpha value is -2.00. The van der Waals surface area contributed by atoms with E-state index in [1.807, 2.05) is 36.4 Å². The van der Waals surface area contributed by atoms with E-state index in [0.29, 0.717) is 0 Å². The molecule has 0 aliphatic heterocycles. The number of rotatable bonds is 4. The molecule has 3 rings (SSSR count). The maximum atomic E-state index is 9.58. The first-order valence-electron chi connectivity index (χ1n) is 6.97. The first kappa shape index (κ1) is 13.0. The number of nitrogens with two attached hydrogens (primary N) is 1. The maximum Gasteiger partial charge on any atom is 0.127 e. The quantitative estimate of drug-likeness (QED) is 0.835. The summed E-state index contributed by atoms with van der Waals surface area (Å²) < 4.78 is 5.77. The highest BCUT2D eigenvalue weighted by Crippen LogP contribution is 2.43. The second-order valence-electron chi connectivity index (χ2n) is 5.49. The van der Waals surface area contributed by atoms with Crippen LogP contribution in [0.3, 0.4) is 0 Å². The Balaban J connectivity index is 1.74. The minimum Gasteiger partial charge on any atom is -0.457 e. The molecule has 104 valence electrons. The number of anilines is 1. The van der Waals surface area contributed by atoms with E-state index in [2.05, 4.69) is 12.1 Å². The summed E-state index contributed by atoms with van der Waals surface area (Å²) in [4.78, 5) is 0. The zero-order chi connectivity index (χ0) is 14.0. The summed E-state index contributed by atoms with van der Waals surface area (Å²) in [7, 11) is 0. The highest BCUT2D eigenvalue weighted by atomic mass is 16.5. The second kappa shape index (κ2) is 5.17. The van der Waals surface area contributed by atoms with Crippen molar-refractivity contribution in [3.63, 3.8) is 0 Å². The number of aliphatic hydroxyl groups excluding tert-OH is 1. The van der Waals surface area contributed by atoms with Gasteiger partial charge in [0.05, 0.1) is 6.61 Å². The molecule has 0 atom stereocenters. The predicted octanol–water partition coefficient (Wildman–Crippen LogP) is 3.48. The van der Waals surface area contributed by atoms with Gasteiger partial charge < -0.3 is 15.6 Å². The first-order valence-corrected chi connectivity index (χ1v) is 6.97. The van der Waals surface area contributed by atoms with E-state index >= 15 is 0 Å². The van der Waals surface area contributed by atoms with Gasteiger partial charge in [-0.15, -0.1) is 0 Å². The van der Waals surface area contributed by atoms with Gasteiger partial charge in [0, 0.05) is 11.1 Å². The zero-order valence-electron chi connectivity index (χ0n) is 11.4. The largest absolute Gasteiger partial charge is 0.457 e. The van der Waals surface area contributed by atoms with Crippen LogP contribution in [0.25, 0.3) is 0 Å². The van der Waals surface area contributed by atoms with Crippen LogP contribution in [0.2, 0.25) is 0 Å². The minimum atomic E-state index is -0.0142. The van der Waals surface area contributed by atoms with Gasteiger partial charge in [-0.3, -0.25) is 0 Å². The van der Waals surface area contributed by atoms with Crippen LogP contribution in [0.4, 0.5) is 5.69 Å². The average Bonchev–Trinajstić information content (AvgIpc) is 2.43. The number of hydrogen-bond donors (Lipinski definition) is 2. The van der Waals surface area contributed by atoms with Crippen molar-refractivity contribution >= 4 is 5.69 Å². The summed E-state index contributed by atoms with van der Waals surface area (Å²) in [5, 5.41) is 9.58. The number of aliphatic hydroxyl groups is 1. The van der Waals surface area contributed by atoms with Gasteiger partial charge in [0.1, 0.15) is 11.5 Å². The molecule has 0 unspecified atom stereocenters. The van der Waals surface area contributed by atoms with Crippen LogP contribution < -0.4 is 10.5 Å². The molecular formula is C17H19NO2. The highest BCUT2D eigenvalue weighted by Gasteiger charge is 2.37. The summed E-state index contributed by atoms with van der Waals surface area (Å²) >= 11 is 0. The second-order valence-corrected chi connectivity index (χ2v) is 5.49. The van der Waals surface area contributed by atoms with Crippen molar-refractivity contribution in [1.29, 1.82) is 0 Å². The van der Waals surface area contributed by atoms with Crippen LogP contribution >= 0.6 is 0 Å². The van der Waals surface area contributed by atoms with E-state index in [9.17, 15) is 5.11 Å². The fraction of sp³-hybridized carbons (Fsp3) is 0.294. The van der Waals surface area contributed by atoms with E-state index in [-0.39, 0.29) is 12.0 Å². The molecule has 0 saturated heterocycles. The molecule has 1 aliphatic carbocycles. The zero-order valence-corrected chi connectivity index (χ0v) is 11.4. The van der Waals surface area contributed by atoms with Crippen molar-refractivity contribution in [2.75, 3.05) is 12.3 Å². The van der Waals surface area contributed by atoms with Gasteiger partial charge in [0.25, 0.3) is 0 Å². The summed E-state index contributed by atoms with van der Waals surface area (Å²) in [5.74, 6) is 1.57. The molecule has 1 aliphatic rings. The lowest BCUT2D eigenvalue weighted by atomic mass is 9.65. The summed E-state index contributed by atoms with van der Waals surface area (Å²) in [6.45, 7) is 0.227. The summed E-state index contributed by atoms with van der Waals surface area (Å²) in [6.07, 6.45) is 3.34. The number of benzene rings is 2. The fourth-order valence-corrected chi connectivity index (χ4v) is 2.69. The van der Waals surface area contributed by atoms with Crippen molar-refractivity contribution in [3.05, 3.63) is 54.1 Å². The molecular weight excluding hydrogens is 250 g/mol. The third kappa shape index (κ3) is 2.37. The normalized spacial score (nSPS) is 16.4. The van der Waals surface area contributed by atoms with Crippen LogP contribution in [-0.2, 0) is 5.41 Å². The van der Waals surface area contributed by atoms with E-state index in [1.165, 1.54) is 12.0 Å². The molecule has 3 heteroatoms. The Morgan fingerprint density at radius 3 is 1.95 bits per heavy atom. The fourth-order valence-electron chi connectivity index (χ4n) is 2.69. The summed E-state index contributed by atoms with van der Waals surface area (Å²) in [5.41, 5.74) is 7.56. The van der Waals surface area contributed by atoms with Crippen molar-refractivity contribution in [1.82, 2.24) is 0 Å². The van der Waals surface area contributed by atoms with Gasteiger partial charge in [-0.05, 0) is 54.8 Å². The van der Waals surface area contributed by atoms with Crippen molar-refractivity contribution in [3.8, 4) is 11.5 Å². The van der Waals surface area contributed by atoms with E-state index in [0.717, 1.165) is 30.0 Å². The lowest BCUT2D eigenvalue weighted by Crippen LogP contribution is -2.37. The van der Waals surface area contributed by atoms with Crippen molar-refractivity contribution in [2.45, 2.75) is 24.7 Å². The molecule has 0 amide bonds. The Bertz CT molecular complexity index is 565. The van der Waals surface area contributed by atoms with Gasteiger partial charge in [-0.1, -0.05) is 18.6 Å². The van der Waals surface area contributed by atoms with Crippen LogP contribution in [0.5, 0.6) is 11.5 Å². The lowest BCUT2D eigenvalue weighted by molar-refractivity contribution is 0.120. The van der Waals surface area contributed by atoms with Gasteiger partial charge in [0.2, 0.25) is 0 Å². The minimum absolute atomic E-state index is 0.0142. The number of ether oxygens (including phenoxy) is 1. The summed E-state index contributed by atoms with van der Waals surface area (Å²) in [6, 6.07) is 15.4. The van der Waals surface area contributed by atoms with Gasteiger partial charge in [-0.25, -0.2) is 0 Å². The molecule has 3 nitrogen and oxygen atoms in total. The highest BCUT2D eigenvalue weighted by molar-refractivity contribution is 5.43. The molecule has 0 radical (unpaired) electrons. The molecule has 0 aromatic heterocycles. The van der Waals surface area contributed by atoms with Crippen LogP contribution in [0.15, 0.2) is 48.5 Å². The standard InChI is InChI=1S/C17H19NO2/c18-14-4-8-16(9-5-14)20-15-6-2-13(3-7-15)17(12-19)10-1-11-17/h2-9,19H,1,10-12,18H2. The average molecular weight is 269 g/mol. The molecule has 0 bridgehead atoms. The van der Waals surface area contributed by atoms with Crippen LogP contribution in [0, 0.1) is 0 Å². The Kier molecular flexibility index (Phi) is 3.36. The third-order valence-corrected chi connectivity index (χ3v) is 4.20. The molecule has 0 spiro atoms. The SMILES string of the molecule is Nc1ccc(Oc2ccc(C3(CO)CCC3)cc2)cc1. The third-order valence-electron chi connectivity index (χ3n) is 4.20. The predicted molar refractivity (Wildman–Crippen MR) is 80.0 cm³/mol. The van der Waals surface area contributed by atoms with Crippen molar-refractivity contribution < 1.29 is 9.84 Å². The maximum absolute atomic E-state index is 9.58. The molecule has 0 heterocycles. The van der Waals surface area contributed by atoms with Gasteiger partial charge >= 0.3 is 0 Å². The van der Waals surface area contributed by atoms with Gasteiger partial charge in [-0.2, -0.15) is 0 Å². The smallest absolute Gasteiger partial charge is 0.127 e. The van der Waals surface area contributed by atoms with Crippen LogP contribution in [-0.4, -0.2) is 11.7 Å². The topological polar surface area (TPSA) is 55.5 Å². The molecule has 20 heavy (non-hydrogen) atoms. The molecule has 3 N–H and O–H groups in total. The Labute approximate surface area is 119 Å². The van der Waals surface area contributed by atoms with Crippen LogP contribution in [0.1, 0.15) is 24.8 Å². The van der Waals surface area contributed by atoms with E-state index in [4.69, 9.17) is 10.5 Å². The van der Waals surface area contributed by atoms with Crippen molar-refractivity contribution in [2.24, 2.45) is 0 Å². The van der Waals surface area contributed by atoms with E-state index in [1.54, 1.807) is 0 Å². The molecule has 1 saturated carbocycles. The Morgan fingerprint density at radius 2 is 1.50 bits per heavy atom. The molecule has 2 aromatic carbocycles. The molecule has 1 fully saturated rings. The van der Waals surface area contributed by atoms with Gasteiger partial charge in [0.15, 0.2) is 0 Å². The lowest BCUT2D eigenvalue weighted by Gasteiger charge is -2.40. The number of hydrogen-bond acceptors (Lipinski definition) is 3. The Morgan fingerprint density at radius 1 is 0.950 bits per heavy atom. The first-order chi connectivity index (χ1) is 9.72. The number of nitrogen functional groups attached to an aromatic ring is 1. The monoisotopic (exact) mass is 269 g/mol. The molecule has 2 aromatic rings. The van der Waals surface area contributed by atoms with E-state index < -0.39 is 0 Å².